The Morgan fingerprint density at radius 3 is 2.41 bits per heavy atom. The van der Waals surface area contributed by atoms with Gasteiger partial charge in [0.15, 0.2) is 5.65 Å². The molecule has 1 aliphatic carbocycles. The molecule has 2 aromatic heterocycles. The number of ether oxygens (including phenoxy) is 1. The van der Waals surface area contributed by atoms with E-state index in [1.807, 2.05) is 0 Å². The molecule has 1 amide bonds. The second-order valence-corrected chi connectivity index (χ2v) is 8.55. The fraction of sp³-hybridized carbons (Fsp3) is 0.409. The molecule has 34 heavy (non-hydrogen) atoms. The van der Waals surface area contributed by atoms with E-state index in [0.717, 1.165) is 12.1 Å². The first-order valence-corrected chi connectivity index (χ1v) is 10.9. The number of nitrogens with zero attached hydrogens (tertiary/aromatic N) is 4. The number of amides is 1. The molecular weight excluding hydrogens is 448 g/mol. The Hall–Kier alpha value is -3.83. The standard InChI is InChI=1S/C22H25F2N7O3/c1-10(2)31-19-16(29-18(20(31)32)17-14(23)7-11(25)8-15(17)24)9-27-22(30-19)28-12-3-5-13(6-4-12)34-21(26)33/h7-10,12-13H,3-6,25H2,1-2H3,(H2,26,33)(H,27,28,30)/t12-,13-. The van der Waals surface area contributed by atoms with Gasteiger partial charge in [-0.2, -0.15) is 4.98 Å². The summed E-state index contributed by atoms with van der Waals surface area (Å²) in [6.45, 7) is 3.52. The minimum absolute atomic E-state index is 0.0367. The number of anilines is 2. The predicted octanol–water partition coefficient (Wildman–Crippen LogP) is 3.11. The van der Waals surface area contributed by atoms with E-state index in [1.165, 1.54) is 10.8 Å². The minimum Gasteiger partial charge on any atom is -0.446 e. The molecule has 5 N–H and O–H groups in total. The molecule has 1 fully saturated rings. The zero-order valence-corrected chi connectivity index (χ0v) is 18.7. The quantitative estimate of drug-likeness (QED) is 0.478. The predicted molar refractivity (Wildman–Crippen MR) is 122 cm³/mol. The summed E-state index contributed by atoms with van der Waals surface area (Å²) in [7, 11) is 0. The highest BCUT2D eigenvalue weighted by Crippen LogP contribution is 2.27. The van der Waals surface area contributed by atoms with E-state index in [4.69, 9.17) is 16.2 Å². The number of aromatic nitrogens is 4. The van der Waals surface area contributed by atoms with Gasteiger partial charge in [0, 0.05) is 17.8 Å². The van der Waals surface area contributed by atoms with Crippen molar-refractivity contribution in [3.05, 3.63) is 40.3 Å². The van der Waals surface area contributed by atoms with Crippen molar-refractivity contribution in [2.24, 2.45) is 5.73 Å². The topological polar surface area (TPSA) is 151 Å². The first kappa shape index (κ1) is 23.3. The van der Waals surface area contributed by atoms with Crippen molar-refractivity contribution in [2.45, 2.75) is 57.7 Å². The molecule has 1 saturated carbocycles. The first-order chi connectivity index (χ1) is 16.1. The van der Waals surface area contributed by atoms with Crippen LogP contribution in [-0.2, 0) is 4.74 Å². The van der Waals surface area contributed by atoms with Crippen molar-refractivity contribution in [2.75, 3.05) is 11.1 Å². The molecule has 0 atom stereocenters. The van der Waals surface area contributed by atoms with Crippen LogP contribution in [0.5, 0.6) is 0 Å². The summed E-state index contributed by atoms with van der Waals surface area (Å²) in [5.74, 6) is -1.67. The third kappa shape index (κ3) is 4.61. The van der Waals surface area contributed by atoms with Crippen LogP contribution in [0.2, 0.25) is 0 Å². The lowest BCUT2D eigenvalue weighted by atomic mass is 9.93. The SMILES string of the molecule is CC(C)n1c(=O)c(-c2c(F)cc(N)cc2F)nc2cnc(N[C@H]3CC[C@H](OC(N)=O)CC3)nc21. The minimum atomic E-state index is -0.980. The average molecular weight is 473 g/mol. The molecule has 0 spiro atoms. The third-order valence-electron chi connectivity index (χ3n) is 5.74. The monoisotopic (exact) mass is 473 g/mol. The van der Waals surface area contributed by atoms with Crippen molar-refractivity contribution in [3.8, 4) is 11.3 Å². The molecule has 180 valence electrons. The molecule has 1 aliphatic rings. The van der Waals surface area contributed by atoms with E-state index in [9.17, 15) is 18.4 Å². The zero-order valence-electron chi connectivity index (χ0n) is 18.7. The van der Waals surface area contributed by atoms with Crippen LogP contribution in [0.4, 0.5) is 25.2 Å². The summed E-state index contributed by atoms with van der Waals surface area (Å²) in [5.41, 5.74) is 9.32. The van der Waals surface area contributed by atoms with Gasteiger partial charge in [0.2, 0.25) is 5.95 Å². The molecule has 0 aliphatic heterocycles. The van der Waals surface area contributed by atoms with E-state index >= 15 is 0 Å². The van der Waals surface area contributed by atoms with Gasteiger partial charge in [0.1, 0.15) is 28.9 Å². The van der Waals surface area contributed by atoms with Crippen molar-refractivity contribution >= 4 is 28.9 Å². The van der Waals surface area contributed by atoms with Crippen molar-refractivity contribution in [1.82, 2.24) is 19.5 Å². The fourth-order valence-electron chi connectivity index (χ4n) is 4.20. The van der Waals surface area contributed by atoms with Gasteiger partial charge in [-0.25, -0.2) is 23.5 Å². The Balaban J connectivity index is 1.69. The molecular formula is C22H25F2N7O3. The van der Waals surface area contributed by atoms with Crippen molar-refractivity contribution in [3.63, 3.8) is 0 Å². The number of hydrogen-bond donors (Lipinski definition) is 3. The van der Waals surface area contributed by atoms with Crippen LogP contribution in [-0.4, -0.2) is 37.8 Å². The van der Waals surface area contributed by atoms with Crippen LogP contribution in [0.15, 0.2) is 23.1 Å². The summed E-state index contributed by atoms with van der Waals surface area (Å²) in [5, 5.41) is 3.23. The normalized spacial score (nSPS) is 18.3. The molecule has 2 heterocycles. The van der Waals surface area contributed by atoms with Gasteiger partial charge in [-0.3, -0.25) is 9.36 Å². The van der Waals surface area contributed by atoms with E-state index in [2.05, 4.69) is 20.3 Å². The summed E-state index contributed by atoms with van der Waals surface area (Å²) in [4.78, 5) is 37.1. The number of carbonyl (C=O) groups excluding carboxylic acids is 1. The van der Waals surface area contributed by atoms with E-state index in [-0.39, 0.29) is 40.7 Å². The maximum Gasteiger partial charge on any atom is 0.404 e. The maximum absolute atomic E-state index is 14.5. The van der Waals surface area contributed by atoms with Gasteiger partial charge < -0.3 is 21.5 Å². The molecule has 10 nitrogen and oxygen atoms in total. The molecule has 0 bridgehead atoms. The molecule has 1 aromatic carbocycles. The van der Waals surface area contributed by atoms with Gasteiger partial charge >= 0.3 is 6.09 Å². The molecule has 0 saturated heterocycles. The molecule has 0 unspecified atom stereocenters. The van der Waals surface area contributed by atoms with E-state index in [1.54, 1.807) is 13.8 Å². The van der Waals surface area contributed by atoms with Gasteiger partial charge in [-0.1, -0.05) is 0 Å². The number of rotatable bonds is 5. The summed E-state index contributed by atoms with van der Waals surface area (Å²) in [6, 6.07) is 1.54. The number of fused-ring (bicyclic) bond motifs is 1. The number of carbonyl (C=O) groups is 1. The second kappa shape index (κ2) is 9.20. The summed E-state index contributed by atoms with van der Waals surface area (Å²) < 4.78 is 35.5. The Labute approximate surface area is 193 Å². The van der Waals surface area contributed by atoms with Gasteiger partial charge in [0.05, 0.1) is 11.8 Å². The smallest absolute Gasteiger partial charge is 0.404 e. The molecule has 4 rings (SSSR count). The molecule has 0 radical (unpaired) electrons. The van der Waals surface area contributed by atoms with Gasteiger partial charge in [-0.05, 0) is 51.7 Å². The highest BCUT2D eigenvalue weighted by Gasteiger charge is 2.25. The summed E-state index contributed by atoms with van der Waals surface area (Å²) >= 11 is 0. The number of nitrogens with two attached hydrogens (primary N) is 2. The lowest BCUT2D eigenvalue weighted by molar-refractivity contribution is 0.0805. The van der Waals surface area contributed by atoms with Crippen LogP contribution in [0.25, 0.3) is 22.4 Å². The summed E-state index contributed by atoms with van der Waals surface area (Å²) in [6.07, 6.45) is 3.12. The van der Waals surface area contributed by atoms with E-state index < -0.39 is 28.9 Å². The number of hydrogen-bond acceptors (Lipinski definition) is 8. The van der Waals surface area contributed by atoms with Gasteiger partial charge in [0.25, 0.3) is 5.56 Å². The Bertz CT molecular complexity index is 1280. The fourth-order valence-corrected chi connectivity index (χ4v) is 4.20. The number of nitrogens with one attached hydrogen (secondary N) is 1. The molecule has 3 aromatic rings. The zero-order chi connectivity index (χ0) is 24.6. The average Bonchev–Trinajstić information content (AvgIpc) is 2.74. The van der Waals surface area contributed by atoms with Gasteiger partial charge in [-0.15, -0.1) is 0 Å². The van der Waals surface area contributed by atoms with Crippen molar-refractivity contribution < 1.29 is 18.3 Å². The van der Waals surface area contributed by atoms with Crippen molar-refractivity contribution in [1.29, 1.82) is 0 Å². The van der Waals surface area contributed by atoms with Crippen LogP contribution >= 0.6 is 0 Å². The molecule has 12 heteroatoms. The number of primary amides is 1. The van der Waals surface area contributed by atoms with Crippen LogP contribution < -0.4 is 22.3 Å². The first-order valence-electron chi connectivity index (χ1n) is 10.9. The lowest BCUT2D eigenvalue weighted by Gasteiger charge is -2.28. The number of halogens is 2. The Morgan fingerprint density at radius 1 is 1.18 bits per heavy atom. The Morgan fingerprint density at radius 2 is 1.82 bits per heavy atom. The van der Waals surface area contributed by atoms with Crippen LogP contribution in [0.3, 0.4) is 0 Å². The Kier molecular flexibility index (Phi) is 6.31. The second-order valence-electron chi connectivity index (χ2n) is 8.55. The number of benzene rings is 1. The number of nitrogen functional groups attached to an aromatic ring is 1. The highest BCUT2D eigenvalue weighted by atomic mass is 19.1. The lowest BCUT2D eigenvalue weighted by Crippen LogP contribution is -2.33. The largest absolute Gasteiger partial charge is 0.446 e. The van der Waals surface area contributed by atoms with Crippen LogP contribution in [0.1, 0.15) is 45.6 Å². The highest BCUT2D eigenvalue weighted by molar-refractivity contribution is 5.75. The maximum atomic E-state index is 14.5. The van der Waals surface area contributed by atoms with Crippen LogP contribution in [0, 0.1) is 11.6 Å². The van der Waals surface area contributed by atoms with E-state index in [0.29, 0.717) is 31.6 Å². The third-order valence-corrected chi connectivity index (χ3v) is 5.74.